The lowest BCUT2D eigenvalue weighted by atomic mass is 9.49. The number of aryl methyl sites for hydroxylation is 1. The number of ketones is 1. The van der Waals surface area contributed by atoms with Gasteiger partial charge in [0.15, 0.2) is 5.78 Å². The average molecular weight is 700 g/mol. The van der Waals surface area contributed by atoms with Gasteiger partial charge in [-0.3, -0.25) is 34.3 Å². The Balaban J connectivity index is 1.30. The molecule has 9 nitrogen and oxygen atoms in total. The predicted octanol–water partition coefficient (Wildman–Crippen LogP) is 6.75. The monoisotopic (exact) mass is 699 g/mol. The van der Waals surface area contributed by atoms with Crippen LogP contribution in [0, 0.1) is 30.6 Å². The van der Waals surface area contributed by atoms with Gasteiger partial charge in [0.2, 0.25) is 11.8 Å². The molecule has 1 saturated carbocycles. The summed E-state index contributed by atoms with van der Waals surface area (Å²) in [4.78, 5) is 71.6. The minimum absolute atomic E-state index is 0.103. The summed E-state index contributed by atoms with van der Waals surface area (Å²) in [5, 5.41) is 12.9. The normalized spacial score (nSPS) is 26.8. The molecule has 256 valence electrons. The zero-order valence-electron chi connectivity index (χ0n) is 27.9. The van der Waals surface area contributed by atoms with E-state index < -0.39 is 52.7 Å². The largest absolute Gasteiger partial charge is 0.508 e. The summed E-state index contributed by atoms with van der Waals surface area (Å²) in [6.07, 6.45) is 2.27. The number of anilines is 2. The molecule has 4 amide bonds. The quantitative estimate of drug-likeness (QED) is 0.130. The fraction of sp³-hybridized carbons (Fsp3) is 0.244. The summed E-state index contributed by atoms with van der Waals surface area (Å²) in [5.41, 5.74) is 5.59. The van der Waals surface area contributed by atoms with Crippen molar-refractivity contribution >= 4 is 52.4 Å². The van der Waals surface area contributed by atoms with E-state index in [4.69, 9.17) is 11.6 Å². The summed E-state index contributed by atoms with van der Waals surface area (Å²) < 4.78 is 0. The molecule has 0 spiro atoms. The number of carbonyl (C=O) groups is 5. The van der Waals surface area contributed by atoms with Crippen LogP contribution in [0.25, 0.3) is 0 Å². The SMILES string of the molecule is CC(=O)c1ccc(N2C(=O)C3CC=C4C(CC5C(=O)N(Nc6ccc(C)cc6)C(=O)C5(c5ccccc5)C4c4cc(Cl)ccc4O)C3C2=O)cc1. The minimum Gasteiger partial charge on any atom is -0.508 e. The number of phenolic OH excluding ortho intramolecular Hbond substituents is 1. The van der Waals surface area contributed by atoms with E-state index in [2.05, 4.69) is 5.43 Å². The Labute approximate surface area is 299 Å². The molecule has 2 saturated heterocycles. The molecule has 3 fully saturated rings. The second-order valence-electron chi connectivity index (χ2n) is 13.9. The van der Waals surface area contributed by atoms with E-state index in [0.29, 0.717) is 38.7 Å². The number of Topliss-reactive ketones (excluding diaryl/α,β-unsaturated/α-hetero) is 1. The highest BCUT2D eigenvalue weighted by molar-refractivity contribution is 6.30. The van der Waals surface area contributed by atoms with E-state index >= 15 is 4.79 Å². The highest BCUT2D eigenvalue weighted by Gasteiger charge is 2.70. The Hall–Kier alpha value is -5.54. The molecule has 2 aliphatic heterocycles. The smallest absolute Gasteiger partial charge is 0.260 e. The molecule has 6 atom stereocenters. The van der Waals surface area contributed by atoms with E-state index in [1.165, 1.54) is 17.9 Å². The lowest BCUT2D eigenvalue weighted by molar-refractivity contribution is -0.138. The third-order valence-corrected chi connectivity index (χ3v) is 11.5. The molecule has 2 aliphatic carbocycles. The Morgan fingerprint density at radius 1 is 0.863 bits per heavy atom. The van der Waals surface area contributed by atoms with Crippen LogP contribution in [0.5, 0.6) is 5.75 Å². The van der Waals surface area contributed by atoms with Crippen LogP contribution in [-0.4, -0.2) is 39.5 Å². The molecule has 4 aromatic carbocycles. The maximum atomic E-state index is 15.2. The average Bonchev–Trinajstić information content (AvgIpc) is 3.51. The predicted molar refractivity (Wildman–Crippen MR) is 191 cm³/mol. The number of fused-ring (bicyclic) bond motifs is 4. The van der Waals surface area contributed by atoms with Gasteiger partial charge in [0.25, 0.3) is 11.8 Å². The van der Waals surface area contributed by atoms with Crippen LogP contribution in [0.1, 0.15) is 52.7 Å². The zero-order chi connectivity index (χ0) is 35.8. The molecule has 4 aromatic rings. The Kier molecular flexibility index (Phi) is 7.72. The first-order valence-electron chi connectivity index (χ1n) is 17.0. The van der Waals surface area contributed by atoms with Crippen molar-refractivity contribution in [3.63, 3.8) is 0 Å². The molecule has 0 bridgehead atoms. The van der Waals surface area contributed by atoms with Crippen LogP contribution >= 0.6 is 11.6 Å². The van der Waals surface area contributed by atoms with Gasteiger partial charge in [0.05, 0.1) is 34.5 Å². The molecule has 51 heavy (non-hydrogen) atoms. The Bertz CT molecular complexity index is 2170. The molecule has 10 heteroatoms. The van der Waals surface area contributed by atoms with Crippen molar-refractivity contribution in [3.8, 4) is 5.75 Å². The van der Waals surface area contributed by atoms with E-state index in [0.717, 1.165) is 10.6 Å². The summed E-state index contributed by atoms with van der Waals surface area (Å²) in [6, 6.07) is 27.5. The number of nitrogens with one attached hydrogen (secondary N) is 1. The number of rotatable bonds is 6. The molecule has 2 heterocycles. The standard InChI is InChI=1S/C41H34ClN3O6/c1-22-8-13-27(14-9-22)43-45-38(49)33-21-31-29(17-18-30-35(31)39(50)44(37(30)48)28-15-10-24(11-16-28)23(2)46)36(32-20-26(42)12-19-34(32)47)41(33,40(45)51)25-6-4-3-5-7-25/h3-17,19-20,30-31,33,35-36,43,47H,18,21H2,1-2H3. The number of aromatic hydroxyl groups is 1. The first-order chi connectivity index (χ1) is 24.5. The molecular weight excluding hydrogens is 666 g/mol. The van der Waals surface area contributed by atoms with Crippen LogP contribution in [0.15, 0.2) is 109 Å². The van der Waals surface area contributed by atoms with Crippen molar-refractivity contribution in [1.82, 2.24) is 5.01 Å². The zero-order valence-corrected chi connectivity index (χ0v) is 28.6. The second kappa shape index (κ2) is 12.1. The van der Waals surface area contributed by atoms with Crippen LogP contribution in [0.2, 0.25) is 5.02 Å². The number of amides is 4. The highest BCUT2D eigenvalue weighted by Crippen LogP contribution is 2.65. The van der Waals surface area contributed by atoms with Gasteiger partial charge in [-0.05, 0) is 92.8 Å². The number of allylic oxidation sites excluding steroid dienone is 2. The van der Waals surface area contributed by atoms with Crippen LogP contribution in [-0.2, 0) is 24.6 Å². The number of nitrogens with zero attached hydrogens (tertiary/aromatic N) is 2. The molecular formula is C41H34ClN3O6. The number of benzene rings is 4. The topological polar surface area (TPSA) is 124 Å². The highest BCUT2D eigenvalue weighted by atomic mass is 35.5. The van der Waals surface area contributed by atoms with Gasteiger partial charge in [-0.15, -0.1) is 0 Å². The lowest BCUT2D eigenvalue weighted by Crippen LogP contribution is -2.53. The number of halogens is 1. The van der Waals surface area contributed by atoms with E-state index in [1.54, 1.807) is 48.5 Å². The van der Waals surface area contributed by atoms with Crippen LogP contribution in [0.4, 0.5) is 11.4 Å². The van der Waals surface area contributed by atoms with E-state index in [-0.39, 0.29) is 30.3 Å². The molecule has 8 rings (SSSR count). The summed E-state index contributed by atoms with van der Waals surface area (Å²) >= 11 is 6.58. The number of hydrazine groups is 1. The van der Waals surface area contributed by atoms with Gasteiger partial charge in [0, 0.05) is 22.1 Å². The van der Waals surface area contributed by atoms with E-state index in [9.17, 15) is 24.3 Å². The third-order valence-electron chi connectivity index (χ3n) is 11.2. The first kappa shape index (κ1) is 32.7. The first-order valence-corrected chi connectivity index (χ1v) is 17.3. The molecule has 6 unspecified atom stereocenters. The van der Waals surface area contributed by atoms with Crippen LogP contribution in [0.3, 0.4) is 0 Å². The molecule has 0 aromatic heterocycles. The maximum Gasteiger partial charge on any atom is 0.260 e. The van der Waals surface area contributed by atoms with Gasteiger partial charge < -0.3 is 5.11 Å². The summed E-state index contributed by atoms with van der Waals surface area (Å²) in [5.74, 6) is -5.94. The number of hydrogen-bond acceptors (Lipinski definition) is 7. The number of carbonyl (C=O) groups excluding carboxylic acids is 5. The second-order valence-corrected chi connectivity index (χ2v) is 14.3. The Morgan fingerprint density at radius 3 is 2.25 bits per heavy atom. The van der Waals surface area contributed by atoms with Crippen molar-refractivity contribution in [2.45, 2.75) is 38.0 Å². The molecule has 2 N–H and O–H groups in total. The summed E-state index contributed by atoms with van der Waals surface area (Å²) in [7, 11) is 0. The molecule has 0 radical (unpaired) electrons. The minimum atomic E-state index is -1.53. The van der Waals surface area contributed by atoms with Crippen molar-refractivity contribution in [2.24, 2.45) is 23.7 Å². The van der Waals surface area contributed by atoms with Crippen molar-refractivity contribution in [2.75, 3.05) is 10.3 Å². The fourth-order valence-electron chi connectivity index (χ4n) is 8.95. The maximum absolute atomic E-state index is 15.2. The van der Waals surface area contributed by atoms with Crippen molar-refractivity contribution in [1.29, 1.82) is 0 Å². The summed E-state index contributed by atoms with van der Waals surface area (Å²) in [6.45, 7) is 3.39. The van der Waals surface area contributed by atoms with E-state index in [1.807, 2.05) is 55.5 Å². The van der Waals surface area contributed by atoms with Crippen molar-refractivity contribution in [3.05, 3.63) is 136 Å². The lowest BCUT2D eigenvalue weighted by Gasteiger charge is -2.50. The number of phenols is 1. The number of hydrogen-bond donors (Lipinski definition) is 2. The van der Waals surface area contributed by atoms with Crippen LogP contribution < -0.4 is 10.3 Å². The van der Waals surface area contributed by atoms with Gasteiger partial charge in [-0.25, -0.2) is 0 Å². The van der Waals surface area contributed by atoms with Gasteiger partial charge in [0.1, 0.15) is 5.75 Å². The van der Waals surface area contributed by atoms with Gasteiger partial charge >= 0.3 is 0 Å². The number of imide groups is 2. The Morgan fingerprint density at radius 2 is 1.57 bits per heavy atom. The molecule has 4 aliphatic rings. The van der Waals surface area contributed by atoms with Crippen molar-refractivity contribution < 1.29 is 29.1 Å². The van der Waals surface area contributed by atoms with Gasteiger partial charge in [-0.2, -0.15) is 5.01 Å². The third kappa shape index (κ3) is 4.86. The van der Waals surface area contributed by atoms with Gasteiger partial charge in [-0.1, -0.05) is 71.3 Å². The fourth-order valence-corrected chi connectivity index (χ4v) is 9.13.